The molecule has 1 aromatic carbocycles. The minimum Gasteiger partial charge on any atom is -0.592 e. The number of hydrogen-bond donors (Lipinski definition) is 3. The van der Waals surface area contributed by atoms with Gasteiger partial charge in [0.2, 0.25) is 5.91 Å². The lowest BCUT2D eigenvalue weighted by atomic mass is 10.2. The summed E-state index contributed by atoms with van der Waals surface area (Å²) < 4.78 is 1.29. The van der Waals surface area contributed by atoms with Crippen molar-refractivity contribution in [3.05, 3.63) is 53.5 Å². The van der Waals surface area contributed by atoms with E-state index in [-0.39, 0.29) is 18.4 Å². The standard InChI is InChI=1S/C12H14N4O3/c17-11(14-8-10-4-2-1-3-5-10)9-15-7-6-13-12(15)16(18)19/h1-7,16,18H,8-9H2,(H,14,17). The van der Waals surface area contributed by atoms with Crippen LogP contribution in [-0.4, -0.2) is 20.7 Å². The van der Waals surface area contributed by atoms with Gasteiger partial charge >= 0.3 is 5.95 Å². The second-order valence-electron chi connectivity index (χ2n) is 3.95. The fraction of sp³-hybridized carbons (Fsp3) is 0.167. The lowest BCUT2D eigenvalue weighted by Crippen LogP contribution is -3.00. The number of aromatic nitrogens is 2. The molecule has 0 bridgehead atoms. The molecule has 1 unspecified atom stereocenters. The quantitative estimate of drug-likeness (QED) is 0.639. The summed E-state index contributed by atoms with van der Waals surface area (Å²) in [4.78, 5) is 15.4. The SMILES string of the molecule is O=C(Cn1ccnc1[NH+]([O-])O)NCc1ccccc1. The van der Waals surface area contributed by atoms with Gasteiger partial charge in [0.25, 0.3) is 0 Å². The first-order valence-corrected chi connectivity index (χ1v) is 5.72. The van der Waals surface area contributed by atoms with Crippen molar-refractivity contribution in [2.75, 3.05) is 0 Å². The van der Waals surface area contributed by atoms with Crippen LogP contribution in [0.2, 0.25) is 0 Å². The monoisotopic (exact) mass is 262 g/mol. The summed E-state index contributed by atoms with van der Waals surface area (Å²) in [6, 6.07) is 9.48. The molecule has 0 aliphatic heterocycles. The number of nitrogens with one attached hydrogen (secondary N) is 2. The number of carbonyl (C=O) groups is 1. The molecule has 0 saturated heterocycles. The number of amides is 1. The first-order chi connectivity index (χ1) is 9.16. The third-order valence-corrected chi connectivity index (χ3v) is 2.55. The smallest absolute Gasteiger partial charge is 0.341 e. The lowest BCUT2D eigenvalue weighted by molar-refractivity contribution is -0.995. The molecule has 19 heavy (non-hydrogen) atoms. The van der Waals surface area contributed by atoms with Crippen molar-refractivity contribution < 1.29 is 15.2 Å². The third-order valence-electron chi connectivity index (χ3n) is 2.55. The van der Waals surface area contributed by atoms with Gasteiger partial charge in [-0.3, -0.25) is 9.36 Å². The molecule has 7 heteroatoms. The Labute approximate surface area is 109 Å². The molecule has 0 aliphatic rings. The molecule has 0 fully saturated rings. The highest BCUT2D eigenvalue weighted by Crippen LogP contribution is 1.99. The molecule has 1 atom stereocenters. The van der Waals surface area contributed by atoms with E-state index in [0.29, 0.717) is 6.54 Å². The fourth-order valence-corrected chi connectivity index (χ4v) is 1.64. The van der Waals surface area contributed by atoms with Crippen molar-refractivity contribution in [3.63, 3.8) is 0 Å². The number of quaternary nitrogens is 1. The highest BCUT2D eigenvalue weighted by Gasteiger charge is 2.12. The number of rotatable bonds is 5. The normalized spacial score (nSPS) is 12.1. The number of carbonyl (C=O) groups excluding carboxylic acids is 1. The Morgan fingerprint density at radius 1 is 1.42 bits per heavy atom. The summed E-state index contributed by atoms with van der Waals surface area (Å²) in [5.74, 6) is -0.404. The van der Waals surface area contributed by atoms with Gasteiger partial charge < -0.3 is 10.5 Å². The first kappa shape index (κ1) is 13.2. The average Bonchev–Trinajstić information content (AvgIpc) is 2.86. The van der Waals surface area contributed by atoms with Crippen LogP contribution >= 0.6 is 0 Å². The van der Waals surface area contributed by atoms with Crippen molar-refractivity contribution in [1.29, 1.82) is 0 Å². The summed E-state index contributed by atoms with van der Waals surface area (Å²) in [5, 5.41) is 21.3. The summed E-state index contributed by atoms with van der Waals surface area (Å²) in [6.07, 6.45) is 2.82. The molecule has 0 spiro atoms. The van der Waals surface area contributed by atoms with Crippen LogP contribution in [0.15, 0.2) is 42.7 Å². The Kier molecular flexibility index (Phi) is 4.24. The molecule has 0 aliphatic carbocycles. The van der Waals surface area contributed by atoms with Gasteiger partial charge in [0.15, 0.2) is 0 Å². The lowest BCUT2D eigenvalue weighted by Gasteiger charge is -2.12. The van der Waals surface area contributed by atoms with E-state index in [4.69, 9.17) is 5.21 Å². The van der Waals surface area contributed by atoms with Crippen LogP contribution in [0, 0.1) is 5.21 Å². The molecule has 1 heterocycles. The van der Waals surface area contributed by atoms with E-state index in [1.807, 2.05) is 30.3 Å². The molecule has 2 aromatic rings. The van der Waals surface area contributed by atoms with Gasteiger partial charge in [-0.15, -0.1) is 0 Å². The van der Waals surface area contributed by atoms with Crippen molar-refractivity contribution in [2.45, 2.75) is 13.1 Å². The number of nitrogens with zero attached hydrogens (tertiary/aromatic N) is 2. The molecule has 0 radical (unpaired) electrons. The number of imidazole rings is 1. The largest absolute Gasteiger partial charge is 0.592 e. The van der Waals surface area contributed by atoms with Crippen molar-refractivity contribution in [1.82, 2.24) is 14.9 Å². The average molecular weight is 262 g/mol. The van der Waals surface area contributed by atoms with E-state index in [1.165, 1.54) is 17.0 Å². The van der Waals surface area contributed by atoms with Gasteiger partial charge in [-0.2, -0.15) is 10.2 Å². The van der Waals surface area contributed by atoms with Crippen LogP contribution in [0.25, 0.3) is 0 Å². The van der Waals surface area contributed by atoms with Crippen molar-refractivity contribution in [2.24, 2.45) is 0 Å². The van der Waals surface area contributed by atoms with Gasteiger partial charge in [0, 0.05) is 12.7 Å². The molecule has 1 aromatic heterocycles. The maximum Gasteiger partial charge on any atom is 0.341 e. The maximum atomic E-state index is 11.7. The number of benzene rings is 1. The predicted octanol–water partition coefficient (Wildman–Crippen LogP) is -0.397. The Morgan fingerprint density at radius 2 is 2.16 bits per heavy atom. The summed E-state index contributed by atoms with van der Waals surface area (Å²) in [7, 11) is 0. The zero-order valence-corrected chi connectivity index (χ0v) is 10.1. The van der Waals surface area contributed by atoms with E-state index in [1.54, 1.807) is 0 Å². The van der Waals surface area contributed by atoms with E-state index in [2.05, 4.69) is 10.3 Å². The minimum absolute atomic E-state index is 0.0610. The van der Waals surface area contributed by atoms with Crippen LogP contribution < -0.4 is 10.5 Å². The van der Waals surface area contributed by atoms with E-state index >= 15 is 0 Å². The minimum atomic E-state index is -1.15. The number of hydrogen-bond acceptors (Lipinski definition) is 4. The fourth-order valence-electron chi connectivity index (χ4n) is 1.64. The zero-order chi connectivity index (χ0) is 13.7. The van der Waals surface area contributed by atoms with Crippen molar-refractivity contribution >= 4 is 11.9 Å². The van der Waals surface area contributed by atoms with Crippen LogP contribution in [0.5, 0.6) is 0 Å². The third kappa shape index (κ3) is 3.62. The van der Waals surface area contributed by atoms with Crippen LogP contribution in [0.1, 0.15) is 5.56 Å². The van der Waals surface area contributed by atoms with Gasteiger partial charge in [-0.25, -0.2) is 5.21 Å². The van der Waals surface area contributed by atoms with Crippen LogP contribution in [0.3, 0.4) is 0 Å². The van der Waals surface area contributed by atoms with Gasteiger partial charge in [0.05, 0.1) is 6.20 Å². The topological polar surface area (TPSA) is 94.7 Å². The Bertz CT molecular complexity index is 539. The highest BCUT2D eigenvalue weighted by atomic mass is 16.8. The summed E-state index contributed by atoms with van der Waals surface area (Å²) >= 11 is 0. The summed E-state index contributed by atoms with van der Waals surface area (Å²) in [5.41, 5.74) is 0.986. The van der Waals surface area contributed by atoms with E-state index in [0.717, 1.165) is 5.56 Å². The first-order valence-electron chi connectivity index (χ1n) is 5.72. The molecule has 0 saturated carbocycles. The van der Waals surface area contributed by atoms with Crippen LogP contribution in [0.4, 0.5) is 5.95 Å². The molecule has 7 nitrogen and oxygen atoms in total. The van der Waals surface area contributed by atoms with Gasteiger partial charge in [-0.1, -0.05) is 30.3 Å². The molecule has 3 N–H and O–H groups in total. The highest BCUT2D eigenvalue weighted by molar-refractivity contribution is 5.75. The Balaban J connectivity index is 1.89. The molecule has 100 valence electrons. The van der Waals surface area contributed by atoms with Crippen LogP contribution in [-0.2, 0) is 17.9 Å². The van der Waals surface area contributed by atoms with E-state index < -0.39 is 5.23 Å². The van der Waals surface area contributed by atoms with Gasteiger partial charge in [-0.05, 0) is 5.56 Å². The molecular weight excluding hydrogens is 248 g/mol. The molecule has 2 rings (SSSR count). The molecular formula is C12H14N4O3. The maximum absolute atomic E-state index is 11.7. The second kappa shape index (κ2) is 6.10. The second-order valence-corrected chi connectivity index (χ2v) is 3.95. The predicted molar refractivity (Wildman–Crippen MR) is 66.3 cm³/mol. The summed E-state index contributed by atoms with van der Waals surface area (Å²) in [6.45, 7) is 0.352. The van der Waals surface area contributed by atoms with Crippen molar-refractivity contribution in [3.8, 4) is 0 Å². The zero-order valence-electron chi connectivity index (χ0n) is 10.1. The van der Waals surface area contributed by atoms with Gasteiger partial charge in [0.1, 0.15) is 6.54 Å². The van der Waals surface area contributed by atoms with E-state index in [9.17, 15) is 10.0 Å². The molecule has 1 amide bonds. The Morgan fingerprint density at radius 3 is 2.84 bits per heavy atom. The Hall–Kier alpha value is -2.22.